The van der Waals surface area contributed by atoms with Crippen molar-refractivity contribution in [2.24, 2.45) is 0 Å². The average molecular weight is 443 g/mol. The molecule has 0 bridgehead atoms. The van der Waals surface area contributed by atoms with Crippen LogP contribution in [0.25, 0.3) is 0 Å². The molecule has 1 fully saturated rings. The number of aromatic nitrogens is 2. The Hall–Kier alpha value is -2.97. The van der Waals surface area contributed by atoms with Crippen molar-refractivity contribution in [1.29, 1.82) is 0 Å². The van der Waals surface area contributed by atoms with Gasteiger partial charge in [-0.25, -0.2) is 4.98 Å². The van der Waals surface area contributed by atoms with Crippen LogP contribution in [0, 0.1) is 0 Å². The lowest BCUT2D eigenvalue weighted by molar-refractivity contribution is -0.116. The Morgan fingerprint density at radius 1 is 1.20 bits per heavy atom. The van der Waals surface area contributed by atoms with E-state index in [0.717, 1.165) is 18.4 Å². The molecule has 3 aromatic rings. The van der Waals surface area contributed by atoms with Gasteiger partial charge < -0.3 is 15.2 Å². The van der Waals surface area contributed by atoms with Gasteiger partial charge in [0.25, 0.3) is 11.5 Å². The summed E-state index contributed by atoms with van der Waals surface area (Å²) in [7, 11) is 0. The summed E-state index contributed by atoms with van der Waals surface area (Å²) in [5, 5.41) is 8.36. The molecule has 0 atom stereocenters. The van der Waals surface area contributed by atoms with Crippen LogP contribution in [0.1, 0.15) is 28.8 Å². The number of hydrogen-bond donors (Lipinski definition) is 2. The number of halogens is 1. The molecule has 0 spiro atoms. The number of rotatable bonds is 7. The second kappa shape index (κ2) is 8.41. The van der Waals surface area contributed by atoms with Gasteiger partial charge in [0, 0.05) is 34.8 Å². The summed E-state index contributed by atoms with van der Waals surface area (Å²) in [5.74, 6) is -0.853. The minimum absolute atomic E-state index is 0.00509. The van der Waals surface area contributed by atoms with Crippen LogP contribution in [-0.2, 0) is 16.8 Å². The van der Waals surface area contributed by atoms with Crippen molar-refractivity contribution < 1.29 is 9.59 Å². The van der Waals surface area contributed by atoms with Crippen molar-refractivity contribution >= 4 is 39.9 Å². The lowest BCUT2D eigenvalue weighted by Crippen LogP contribution is -2.37. The minimum Gasteiger partial charge on any atom is -0.351 e. The van der Waals surface area contributed by atoms with Crippen LogP contribution in [0.3, 0.4) is 0 Å². The Morgan fingerprint density at radius 3 is 2.70 bits per heavy atom. The molecule has 2 N–H and O–H groups in total. The average Bonchev–Trinajstić information content (AvgIpc) is 3.35. The number of carbonyl (C=O) groups excluding carboxylic acids is 2. The Bertz CT molecular complexity index is 1140. The lowest BCUT2D eigenvalue weighted by Gasteiger charge is -2.18. The molecule has 9 heteroatoms. The summed E-state index contributed by atoms with van der Waals surface area (Å²) in [6.07, 6.45) is 4.90. The van der Waals surface area contributed by atoms with Crippen molar-refractivity contribution in [2.45, 2.75) is 24.8 Å². The van der Waals surface area contributed by atoms with E-state index in [2.05, 4.69) is 15.6 Å². The lowest BCUT2D eigenvalue weighted by atomic mass is 9.96. The van der Waals surface area contributed by atoms with Gasteiger partial charge in [0.15, 0.2) is 5.13 Å². The molecular weight excluding hydrogens is 424 g/mol. The van der Waals surface area contributed by atoms with Gasteiger partial charge in [0.1, 0.15) is 12.1 Å². The minimum atomic E-state index is -0.521. The summed E-state index contributed by atoms with van der Waals surface area (Å²) < 4.78 is 1.21. The number of carbonyl (C=O) groups is 2. The number of amides is 2. The van der Waals surface area contributed by atoms with Gasteiger partial charge in [-0.1, -0.05) is 29.8 Å². The topological polar surface area (TPSA) is 93.1 Å². The highest BCUT2D eigenvalue weighted by Gasteiger charge is 2.45. The van der Waals surface area contributed by atoms with Gasteiger partial charge >= 0.3 is 0 Å². The molecule has 2 heterocycles. The highest BCUT2D eigenvalue weighted by atomic mass is 35.5. The van der Waals surface area contributed by atoms with E-state index in [1.165, 1.54) is 28.2 Å². The maximum atomic E-state index is 12.7. The summed E-state index contributed by atoms with van der Waals surface area (Å²) in [4.78, 5) is 41.5. The quantitative estimate of drug-likeness (QED) is 0.588. The first-order valence-electron chi connectivity index (χ1n) is 9.40. The smallest absolute Gasteiger partial charge is 0.263 e. The standard InChI is InChI=1S/C21H19ClN4O3S/c22-16-6-2-1-5-15(16)21(7-8-21)13-24-18(28)14-4-3-10-26(19(14)29)12-17(27)25-20-23-9-11-30-20/h1-6,9-11H,7-8,12-13H2,(H,24,28)(H,23,25,27). The second-order valence-corrected chi connectivity index (χ2v) is 8.48. The number of anilines is 1. The largest absolute Gasteiger partial charge is 0.351 e. The van der Waals surface area contributed by atoms with Crippen molar-refractivity contribution in [3.05, 3.63) is 80.7 Å². The summed E-state index contributed by atoms with van der Waals surface area (Å²) in [6, 6.07) is 10.6. The highest BCUT2D eigenvalue weighted by Crippen LogP contribution is 2.49. The van der Waals surface area contributed by atoms with E-state index < -0.39 is 11.5 Å². The van der Waals surface area contributed by atoms with Crippen LogP contribution in [0.2, 0.25) is 5.02 Å². The monoisotopic (exact) mass is 442 g/mol. The van der Waals surface area contributed by atoms with E-state index in [9.17, 15) is 14.4 Å². The molecule has 0 radical (unpaired) electrons. The SMILES string of the molecule is O=C(Cn1cccc(C(=O)NCC2(c3ccccc3Cl)CC2)c1=O)Nc1nccs1. The molecule has 0 aliphatic heterocycles. The van der Waals surface area contributed by atoms with Crippen LogP contribution in [-0.4, -0.2) is 27.9 Å². The molecule has 154 valence electrons. The third-order valence-electron chi connectivity index (χ3n) is 5.14. The number of nitrogens with one attached hydrogen (secondary N) is 2. The first-order chi connectivity index (χ1) is 14.5. The van der Waals surface area contributed by atoms with E-state index in [4.69, 9.17) is 11.6 Å². The third-order valence-corrected chi connectivity index (χ3v) is 6.16. The van der Waals surface area contributed by atoms with E-state index in [-0.39, 0.29) is 23.4 Å². The molecule has 2 aromatic heterocycles. The first kappa shape index (κ1) is 20.3. The van der Waals surface area contributed by atoms with Crippen LogP contribution >= 0.6 is 22.9 Å². The summed E-state index contributed by atoms with van der Waals surface area (Å²) in [6.45, 7) is 0.192. The Balaban J connectivity index is 1.43. The number of hydrogen-bond acceptors (Lipinski definition) is 5. The zero-order valence-corrected chi connectivity index (χ0v) is 17.5. The van der Waals surface area contributed by atoms with Crippen LogP contribution in [0.5, 0.6) is 0 Å². The van der Waals surface area contributed by atoms with Gasteiger partial charge in [0.05, 0.1) is 0 Å². The third kappa shape index (κ3) is 4.29. The van der Waals surface area contributed by atoms with E-state index in [1.54, 1.807) is 17.6 Å². The molecule has 0 unspecified atom stereocenters. The zero-order valence-electron chi connectivity index (χ0n) is 15.9. The van der Waals surface area contributed by atoms with Crippen molar-refractivity contribution in [1.82, 2.24) is 14.9 Å². The van der Waals surface area contributed by atoms with Gasteiger partial charge in [-0.15, -0.1) is 11.3 Å². The van der Waals surface area contributed by atoms with Crippen molar-refractivity contribution in [3.63, 3.8) is 0 Å². The number of thiazole rings is 1. The van der Waals surface area contributed by atoms with Gasteiger partial charge in [-0.05, 0) is 36.6 Å². The van der Waals surface area contributed by atoms with E-state index in [0.29, 0.717) is 16.7 Å². The predicted molar refractivity (Wildman–Crippen MR) is 116 cm³/mol. The highest BCUT2D eigenvalue weighted by molar-refractivity contribution is 7.13. The first-order valence-corrected chi connectivity index (χ1v) is 10.7. The maximum Gasteiger partial charge on any atom is 0.263 e. The number of benzene rings is 1. The Morgan fingerprint density at radius 2 is 2.00 bits per heavy atom. The molecule has 1 aliphatic rings. The summed E-state index contributed by atoms with van der Waals surface area (Å²) in [5.41, 5.74) is 0.299. The second-order valence-electron chi connectivity index (χ2n) is 7.18. The van der Waals surface area contributed by atoms with Gasteiger partial charge in [-0.3, -0.25) is 14.4 Å². The molecule has 4 rings (SSSR count). The molecule has 1 aromatic carbocycles. The Labute approximate surface area is 181 Å². The zero-order chi connectivity index (χ0) is 21.1. The van der Waals surface area contributed by atoms with Crippen LogP contribution < -0.4 is 16.2 Å². The molecule has 1 aliphatic carbocycles. The molecule has 30 heavy (non-hydrogen) atoms. The van der Waals surface area contributed by atoms with Gasteiger partial charge in [0.2, 0.25) is 5.91 Å². The van der Waals surface area contributed by atoms with E-state index >= 15 is 0 Å². The Kier molecular flexibility index (Phi) is 5.69. The molecular formula is C21H19ClN4O3S. The van der Waals surface area contributed by atoms with E-state index in [1.807, 2.05) is 24.3 Å². The number of nitrogens with zero attached hydrogens (tertiary/aromatic N) is 2. The fourth-order valence-electron chi connectivity index (χ4n) is 3.36. The fourth-order valence-corrected chi connectivity index (χ4v) is 4.24. The van der Waals surface area contributed by atoms with Crippen molar-refractivity contribution in [3.8, 4) is 0 Å². The molecule has 1 saturated carbocycles. The molecule has 7 nitrogen and oxygen atoms in total. The molecule has 2 amide bonds. The van der Waals surface area contributed by atoms with Crippen molar-refractivity contribution in [2.75, 3.05) is 11.9 Å². The normalized spacial score (nSPS) is 14.2. The molecule has 0 saturated heterocycles. The fraction of sp³-hybridized carbons (Fsp3) is 0.238. The number of pyridine rings is 1. The predicted octanol–water partition coefficient (Wildman–Crippen LogP) is 3.06. The van der Waals surface area contributed by atoms with Crippen LogP contribution in [0.4, 0.5) is 5.13 Å². The van der Waals surface area contributed by atoms with Crippen LogP contribution in [0.15, 0.2) is 59.0 Å². The summed E-state index contributed by atoms with van der Waals surface area (Å²) >= 11 is 7.60. The maximum absolute atomic E-state index is 12.7. The van der Waals surface area contributed by atoms with Gasteiger partial charge in [-0.2, -0.15) is 0 Å².